The van der Waals surface area contributed by atoms with Gasteiger partial charge in [-0.2, -0.15) is 9.97 Å². The molecular formula is C23H13Cl3F2N2O2. The fraction of sp³-hybridized carbons (Fsp3) is 0.0435. The Hall–Kier alpha value is -2.93. The highest BCUT2D eigenvalue weighted by atomic mass is 35.5. The third-order valence-corrected chi connectivity index (χ3v) is 5.27. The lowest BCUT2D eigenvalue weighted by atomic mass is 10.00. The molecule has 1 heterocycles. The van der Waals surface area contributed by atoms with Crippen molar-refractivity contribution in [1.82, 2.24) is 9.97 Å². The molecule has 0 N–H and O–H groups in total. The van der Waals surface area contributed by atoms with Crippen LogP contribution in [0, 0.1) is 11.6 Å². The molecule has 0 radical (unpaired) electrons. The Labute approximate surface area is 197 Å². The second-order valence-electron chi connectivity index (χ2n) is 6.55. The number of benzene rings is 3. The van der Waals surface area contributed by atoms with Crippen LogP contribution < -0.4 is 9.47 Å². The van der Waals surface area contributed by atoms with Crippen molar-refractivity contribution in [3.05, 3.63) is 87.4 Å². The maximum atomic E-state index is 13.6. The number of hydrogen-bond donors (Lipinski definition) is 0. The van der Waals surface area contributed by atoms with Gasteiger partial charge in [-0.3, -0.25) is 0 Å². The number of methoxy groups -OCH3 is 1. The third-order valence-electron chi connectivity index (χ3n) is 4.47. The zero-order valence-corrected chi connectivity index (χ0v) is 18.6. The largest absolute Gasteiger partial charge is 0.480 e. The maximum absolute atomic E-state index is 13.6. The van der Waals surface area contributed by atoms with Crippen LogP contribution in [0.2, 0.25) is 15.1 Å². The quantitative estimate of drug-likeness (QED) is 0.284. The van der Waals surface area contributed by atoms with Crippen LogP contribution in [0.15, 0.2) is 60.7 Å². The molecule has 0 atom stereocenters. The molecule has 0 aliphatic rings. The number of ether oxygens (including phenoxy) is 2. The zero-order valence-electron chi connectivity index (χ0n) is 16.4. The first-order valence-corrected chi connectivity index (χ1v) is 10.3. The van der Waals surface area contributed by atoms with Gasteiger partial charge in [-0.05, 0) is 48.0 Å². The number of hydrogen-bond acceptors (Lipinski definition) is 4. The van der Waals surface area contributed by atoms with E-state index in [0.29, 0.717) is 37.5 Å². The summed E-state index contributed by atoms with van der Waals surface area (Å²) in [6.07, 6.45) is 0. The third kappa shape index (κ3) is 4.63. The van der Waals surface area contributed by atoms with Crippen LogP contribution in [0.4, 0.5) is 8.78 Å². The summed E-state index contributed by atoms with van der Waals surface area (Å²) in [5.41, 5.74) is 2.17. The van der Waals surface area contributed by atoms with Gasteiger partial charge < -0.3 is 9.47 Å². The smallest absolute Gasteiger partial charge is 0.325 e. The van der Waals surface area contributed by atoms with Crippen LogP contribution in [0.1, 0.15) is 0 Å². The number of aromatic nitrogens is 2. The molecule has 0 fully saturated rings. The van der Waals surface area contributed by atoms with E-state index < -0.39 is 11.6 Å². The monoisotopic (exact) mass is 492 g/mol. The molecule has 0 unspecified atom stereocenters. The van der Waals surface area contributed by atoms with Crippen molar-refractivity contribution in [2.24, 2.45) is 0 Å². The predicted molar refractivity (Wildman–Crippen MR) is 121 cm³/mol. The molecule has 32 heavy (non-hydrogen) atoms. The van der Waals surface area contributed by atoms with E-state index in [-0.39, 0.29) is 17.6 Å². The molecule has 0 spiro atoms. The van der Waals surface area contributed by atoms with Crippen LogP contribution in [0.3, 0.4) is 0 Å². The van der Waals surface area contributed by atoms with E-state index in [9.17, 15) is 8.78 Å². The minimum Gasteiger partial charge on any atom is -0.480 e. The van der Waals surface area contributed by atoms with Crippen LogP contribution in [0.25, 0.3) is 22.4 Å². The molecule has 0 bridgehead atoms. The summed E-state index contributed by atoms with van der Waals surface area (Å²) in [7, 11) is 1.44. The van der Waals surface area contributed by atoms with Gasteiger partial charge in [0.15, 0.2) is 11.6 Å². The van der Waals surface area contributed by atoms with Gasteiger partial charge in [0.05, 0.1) is 23.4 Å². The summed E-state index contributed by atoms with van der Waals surface area (Å²) in [4.78, 5) is 8.80. The van der Waals surface area contributed by atoms with E-state index in [1.54, 1.807) is 42.5 Å². The van der Waals surface area contributed by atoms with Crippen molar-refractivity contribution < 1.29 is 18.3 Å². The van der Waals surface area contributed by atoms with Crippen molar-refractivity contribution in [1.29, 1.82) is 0 Å². The molecule has 4 aromatic rings. The molecule has 4 nitrogen and oxygen atoms in total. The molecule has 3 aromatic carbocycles. The van der Waals surface area contributed by atoms with E-state index in [0.717, 1.165) is 12.1 Å². The molecule has 0 aliphatic heterocycles. The normalized spacial score (nSPS) is 10.8. The molecule has 0 amide bonds. The van der Waals surface area contributed by atoms with E-state index in [1.165, 1.54) is 13.2 Å². The van der Waals surface area contributed by atoms with Crippen LogP contribution in [0.5, 0.6) is 17.6 Å². The molecule has 162 valence electrons. The first-order chi connectivity index (χ1) is 15.4. The zero-order chi connectivity index (χ0) is 22.8. The Morgan fingerprint density at radius 1 is 0.781 bits per heavy atom. The van der Waals surface area contributed by atoms with Gasteiger partial charge in [-0.1, -0.05) is 46.9 Å². The van der Waals surface area contributed by atoms with Crippen molar-refractivity contribution in [2.45, 2.75) is 0 Å². The number of halogens is 5. The standard InChI is InChI=1S/C23H13Cl3F2N2O2/c1-31-22-20(12-2-4-13(24)5-3-12)21(16-8-6-14(25)10-17(16)26)29-23(30-22)32-15-7-9-18(27)19(28)11-15/h2-11H,1H3. The van der Waals surface area contributed by atoms with Crippen molar-refractivity contribution in [3.63, 3.8) is 0 Å². The first-order valence-electron chi connectivity index (χ1n) is 9.16. The Morgan fingerprint density at radius 2 is 1.50 bits per heavy atom. The molecule has 1 aromatic heterocycles. The lowest BCUT2D eigenvalue weighted by Crippen LogP contribution is -2.02. The van der Waals surface area contributed by atoms with E-state index in [1.807, 2.05) is 0 Å². The second-order valence-corrected chi connectivity index (χ2v) is 7.83. The highest BCUT2D eigenvalue weighted by molar-refractivity contribution is 6.36. The minimum atomic E-state index is -1.06. The molecular weight excluding hydrogens is 481 g/mol. The molecule has 0 saturated heterocycles. The second kappa shape index (κ2) is 9.28. The van der Waals surface area contributed by atoms with Gasteiger partial charge in [0.2, 0.25) is 5.88 Å². The van der Waals surface area contributed by atoms with Gasteiger partial charge in [-0.15, -0.1) is 0 Å². The van der Waals surface area contributed by atoms with E-state index >= 15 is 0 Å². The summed E-state index contributed by atoms with van der Waals surface area (Å²) >= 11 is 18.5. The molecule has 0 aliphatic carbocycles. The van der Waals surface area contributed by atoms with Crippen LogP contribution in [-0.2, 0) is 0 Å². The maximum Gasteiger partial charge on any atom is 0.325 e. The fourth-order valence-electron chi connectivity index (χ4n) is 3.01. The average Bonchev–Trinajstić information content (AvgIpc) is 2.76. The van der Waals surface area contributed by atoms with Gasteiger partial charge in [0.1, 0.15) is 5.75 Å². The van der Waals surface area contributed by atoms with Gasteiger partial charge in [0.25, 0.3) is 0 Å². The summed E-state index contributed by atoms with van der Waals surface area (Å²) in [5.74, 6) is -1.87. The Balaban J connectivity index is 1.92. The average molecular weight is 494 g/mol. The van der Waals surface area contributed by atoms with Gasteiger partial charge in [0, 0.05) is 21.7 Å². The van der Waals surface area contributed by atoms with Crippen LogP contribution in [-0.4, -0.2) is 17.1 Å². The lowest BCUT2D eigenvalue weighted by Gasteiger charge is -2.16. The van der Waals surface area contributed by atoms with E-state index in [4.69, 9.17) is 44.3 Å². The Bertz CT molecular complexity index is 1300. The summed E-state index contributed by atoms with van der Waals surface area (Å²) in [5, 5.41) is 1.34. The van der Waals surface area contributed by atoms with Gasteiger partial charge in [-0.25, -0.2) is 8.78 Å². The van der Waals surface area contributed by atoms with Crippen molar-refractivity contribution >= 4 is 34.8 Å². The number of rotatable bonds is 5. The predicted octanol–water partition coefficient (Wildman–Crippen LogP) is 7.85. The van der Waals surface area contributed by atoms with Gasteiger partial charge >= 0.3 is 6.01 Å². The SMILES string of the molecule is COc1nc(Oc2ccc(F)c(F)c2)nc(-c2ccc(Cl)cc2Cl)c1-c1ccc(Cl)cc1. The summed E-state index contributed by atoms with van der Waals surface area (Å²) < 4.78 is 38.0. The van der Waals surface area contributed by atoms with Crippen molar-refractivity contribution in [2.75, 3.05) is 7.11 Å². The fourth-order valence-corrected chi connectivity index (χ4v) is 3.64. The lowest BCUT2D eigenvalue weighted by molar-refractivity contribution is 0.377. The number of nitrogens with zero attached hydrogens (tertiary/aromatic N) is 2. The van der Waals surface area contributed by atoms with E-state index in [2.05, 4.69) is 9.97 Å². The Morgan fingerprint density at radius 3 is 2.16 bits per heavy atom. The summed E-state index contributed by atoms with van der Waals surface area (Å²) in [6.45, 7) is 0. The van der Waals surface area contributed by atoms with Crippen molar-refractivity contribution in [3.8, 4) is 40.0 Å². The first kappa shape index (κ1) is 22.3. The summed E-state index contributed by atoms with van der Waals surface area (Å²) in [6, 6.07) is 14.9. The topological polar surface area (TPSA) is 44.2 Å². The molecule has 4 rings (SSSR count). The van der Waals surface area contributed by atoms with Crippen LogP contribution >= 0.6 is 34.8 Å². The molecule has 9 heteroatoms. The Kier molecular flexibility index (Phi) is 6.46. The highest BCUT2D eigenvalue weighted by Gasteiger charge is 2.22. The molecule has 0 saturated carbocycles. The highest BCUT2D eigenvalue weighted by Crippen LogP contribution is 2.42. The minimum absolute atomic E-state index is 0.0124.